The molecule has 4 aliphatic heterocycles. The van der Waals surface area contributed by atoms with Gasteiger partial charge in [0, 0.05) is 20.3 Å². The topological polar surface area (TPSA) is 83.8 Å². The Bertz CT molecular complexity index is 1020. The lowest BCUT2D eigenvalue weighted by Gasteiger charge is -2.32. The molecule has 4 aliphatic rings. The van der Waals surface area contributed by atoms with Crippen LogP contribution in [0.2, 0.25) is 5.15 Å². The molecule has 180 valence electrons. The van der Waals surface area contributed by atoms with E-state index in [9.17, 15) is 0 Å². The minimum absolute atomic E-state index is 0.0744. The standard InChI is InChI=1S/C22H27ClFN5O2.CH4O/c23-19-17(24)18-16-15(25-19)5-4-14-12-30-11-3-10-29(14)20(16)27-21(26-18)31-13-22-6-1-8-28(22)9-2-7-22;1-2/h14H,1-13H2;2H,1H3. The predicted octanol–water partition coefficient (Wildman–Crippen LogP) is 2.97. The second-order valence-corrected chi connectivity index (χ2v) is 9.60. The van der Waals surface area contributed by atoms with E-state index < -0.39 is 5.82 Å². The van der Waals surface area contributed by atoms with Gasteiger partial charge in [0.15, 0.2) is 11.0 Å². The van der Waals surface area contributed by atoms with Crippen molar-refractivity contribution in [3.05, 3.63) is 16.7 Å². The van der Waals surface area contributed by atoms with Gasteiger partial charge in [-0.1, -0.05) is 11.6 Å². The summed E-state index contributed by atoms with van der Waals surface area (Å²) in [6.45, 7) is 4.95. The highest BCUT2D eigenvalue weighted by atomic mass is 35.5. The zero-order valence-corrected chi connectivity index (χ0v) is 19.8. The fourth-order valence-electron chi connectivity index (χ4n) is 5.94. The number of hydrogen-bond donors (Lipinski definition) is 1. The number of fused-ring (bicyclic) bond motifs is 3. The summed E-state index contributed by atoms with van der Waals surface area (Å²) in [5, 5.41) is 7.53. The fourth-order valence-corrected chi connectivity index (χ4v) is 6.13. The maximum Gasteiger partial charge on any atom is 0.319 e. The van der Waals surface area contributed by atoms with Gasteiger partial charge in [0.1, 0.15) is 17.9 Å². The van der Waals surface area contributed by atoms with Gasteiger partial charge in [0.2, 0.25) is 0 Å². The number of rotatable bonds is 3. The largest absolute Gasteiger partial charge is 0.461 e. The monoisotopic (exact) mass is 479 g/mol. The van der Waals surface area contributed by atoms with Crippen molar-refractivity contribution in [2.45, 2.75) is 56.5 Å². The van der Waals surface area contributed by atoms with Crippen LogP contribution in [-0.4, -0.2) is 83.1 Å². The molecule has 3 saturated heterocycles. The van der Waals surface area contributed by atoms with E-state index in [4.69, 9.17) is 31.2 Å². The van der Waals surface area contributed by atoms with Crippen molar-refractivity contribution in [1.82, 2.24) is 19.9 Å². The second-order valence-electron chi connectivity index (χ2n) is 9.24. The first-order valence-electron chi connectivity index (χ1n) is 11.9. The van der Waals surface area contributed by atoms with Gasteiger partial charge >= 0.3 is 6.01 Å². The summed E-state index contributed by atoms with van der Waals surface area (Å²) in [4.78, 5) is 18.5. The third-order valence-corrected chi connectivity index (χ3v) is 7.74. The third kappa shape index (κ3) is 4.03. The average Bonchev–Trinajstić information content (AvgIpc) is 3.27. The number of aliphatic hydroxyl groups is 1. The van der Waals surface area contributed by atoms with Gasteiger partial charge in [0.25, 0.3) is 0 Å². The SMILES string of the molecule is CO.Fc1c(Cl)nc2c3c(nc(OCC45CCCN4CCC5)nc13)N1CCCOCC1CC2. The van der Waals surface area contributed by atoms with E-state index in [0.717, 1.165) is 64.7 Å². The van der Waals surface area contributed by atoms with Crippen molar-refractivity contribution < 1.29 is 19.0 Å². The summed E-state index contributed by atoms with van der Waals surface area (Å²) in [7, 11) is 1.00. The van der Waals surface area contributed by atoms with Crippen molar-refractivity contribution in [2.24, 2.45) is 0 Å². The molecule has 0 aromatic carbocycles. The molecule has 1 N–H and O–H groups in total. The minimum atomic E-state index is -0.597. The zero-order chi connectivity index (χ0) is 23.0. The summed E-state index contributed by atoms with van der Waals surface area (Å²) in [6.07, 6.45) is 7.10. The lowest BCUT2D eigenvalue weighted by molar-refractivity contribution is 0.108. The van der Waals surface area contributed by atoms with Crippen LogP contribution in [0.5, 0.6) is 6.01 Å². The van der Waals surface area contributed by atoms with Crippen LogP contribution in [0.3, 0.4) is 0 Å². The van der Waals surface area contributed by atoms with Crippen molar-refractivity contribution in [3.63, 3.8) is 0 Å². The molecule has 2 aromatic rings. The van der Waals surface area contributed by atoms with Gasteiger partial charge in [-0.3, -0.25) is 4.90 Å². The molecule has 2 aromatic heterocycles. The van der Waals surface area contributed by atoms with Gasteiger partial charge in [-0.2, -0.15) is 9.97 Å². The Hall–Kier alpha value is -1.81. The number of aryl methyl sites for hydroxylation is 1. The van der Waals surface area contributed by atoms with Gasteiger partial charge in [-0.25, -0.2) is 9.37 Å². The Balaban J connectivity index is 0.00000111. The van der Waals surface area contributed by atoms with Crippen LogP contribution in [0.15, 0.2) is 0 Å². The molecule has 8 nitrogen and oxygen atoms in total. The molecule has 0 bridgehead atoms. The molecule has 33 heavy (non-hydrogen) atoms. The molecular weight excluding hydrogens is 449 g/mol. The van der Waals surface area contributed by atoms with Crippen LogP contribution < -0.4 is 9.64 Å². The van der Waals surface area contributed by atoms with Crippen molar-refractivity contribution >= 4 is 28.3 Å². The Kier molecular flexibility index (Phi) is 6.57. The van der Waals surface area contributed by atoms with E-state index >= 15 is 4.39 Å². The number of nitrogens with zero attached hydrogens (tertiary/aromatic N) is 5. The molecule has 0 saturated carbocycles. The van der Waals surface area contributed by atoms with Crippen molar-refractivity contribution in [3.8, 4) is 6.01 Å². The van der Waals surface area contributed by atoms with Gasteiger partial charge in [-0.05, 0) is 58.0 Å². The second kappa shape index (κ2) is 9.44. The average molecular weight is 480 g/mol. The highest BCUT2D eigenvalue weighted by Gasteiger charge is 2.45. The quantitative estimate of drug-likeness (QED) is 0.673. The fraction of sp³-hybridized carbons (Fsp3) is 0.696. The van der Waals surface area contributed by atoms with Gasteiger partial charge < -0.3 is 19.5 Å². The van der Waals surface area contributed by atoms with Gasteiger partial charge in [-0.15, -0.1) is 0 Å². The van der Waals surface area contributed by atoms with Crippen LogP contribution in [0.1, 0.15) is 44.2 Å². The highest BCUT2D eigenvalue weighted by Crippen LogP contribution is 2.40. The summed E-state index contributed by atoms with van der Waals surface area (Å²) in [6, 6.07) is 0.400. The molecule has 0 aliphatic carbocycles. The zero-order valence-electron chi connectivity index (χ0n) is 19.0. The van der Waals surface area contributed by atoms with E-state index in [0.29, 0.717) is 30.8 Å². The number of aromatic nitrogens is 3. The molecule has 6 heterocycles. The van der Waals surface area contributed by atoms with Crippen LogP contribution in [0, 0.1) is 5.82 Å². The van der Waals surface area contributed by atoms with E-state index in [1.165, 1.54) is 12.8 Å². The first kappa shape index (κ1) is 23.0. The number of halogens is 2. The molecule has 6 rings (SSSR count). The molecule has 3 fully saturated rings. The highest BCUT2D eigenvalue weighted by molar-refractivity contribution is 6.30. The first-order valence-corrected chi connectivity index (χ1v) is 12.2. The normalized spacial score (nSPS) is 23.9. The van der Waals surface area contributed by atoms with E-state index in [-0.39, 0.29) is 28.3 Å². The number of anilines is 1. The van der Waals surface area contributed by atoms with Crippen molar-refractivity contribution in [2.75, 3.05) is 51.5 Å². The van der Waals surface area contributed by atoms with Crippen LogP contribution in [0.25, 0.3) is 10.9 Å². The smallest absolute Gasteiger partial charge is 0.319 e. The summed E-state index contributed by atoms with van der Waals surface area (Å²) >= 11 is 6.15. The third-order valence-electron chi connectivity index (χ3n) is 7.49. The Labute approximate surface area is 198 Å². The maximum atomic E-state index is 15.1. The summed E-state index contributed by atoms with van der Waals surface area (Å²) in [5.74, 6) is 0.109. The van der Waals surface area contributed by atoms with Crippen LogP contribution in [0.4, 0.5) is 10.2 Å². The molecule has 0 radical (unpaired) electrons. The van der Waals surface area contributed by atoms with Crippen LogP contribution in [-0.2, 0) is 11.2 Å². The van der Waals surface area contributed by atoms with E-state index in [1.54, 1.807) is 0 Å². The van der Waals surface area contributed by atoms with E-state index in [1.807, 2.05) is 0 Å². The Morgan fingerprint density at radius 3 is 2.73 bits per heavy atom. The molecular formula is C23H31ClFN5O3. The predicted molar refractivity (Wildman–Crippen MR) is 124 cm³/mol. The number of pyridine rings is 1. The lowest BCUT2D eigenvalue weighted by Crippen LogP contribution is -2.43. The molecule has 1 atom stereocenters. The Morgan fingerprint density at radius 2 is 1.94 bits per heavy atom. The molecule has 0 amide bonds. The number of ether oxygens (including phenoxy) is 2. The van der Waals surface area contributed by atoms with Crippen LogP contribution >= 0.6 is 11.6 Å². The number of hydrogen-bond acceptors (Lipinski definition) is 8. The molecule has 10 heteroatoms. The maximum absolute atomic E-state index is 15.1. The molecule has 1 unspecified atom stereocenters. The Morgan fingerprint density at radius 1 is 1.15 bits per heavy atom. The number of aliphatic hydroxyl groups excluding tert-OH is 1. The van der Waals surface area contributed by atoms with Gasteiger partial charge in [0.05, 0.1) is 29.3 Å². The lowest BCUT2D eigenvalue weighted by atomic mass is 9.95. The van der Waals surface area contributed by atoms with Crippen molar-refractivity contribution in [1.29, 1.82) is 0 Å². The summed E-state index contributed by atoms with van der Waals surface area (Å²) in [5.41, 5.74) is 1.05. The first-order chi connectivity index (χ1) is 16.1. The minimum Gasteiger partial charge on any atom is -0.461 e. The van der Waals surface area contributed by atoms with E-state index in [2.05, 4.69) is 19.8 Å². The summed E-state index contributed by atoms with van der Waals surface area (Å²) < 4.78 is 27.1. The molecule has 0 spiro atoms.